The van der Waals surface area contributed by atoms with E-state index in [1.54, 1.807) is 0 Å². The minimum absolute atomic E-state index is 0.294. The molecule has 1 atom stereocenters. The van der Waals surface area contributed by atoms with Crippen LogP contribution >= 0.6 is 0 Å². The summed E-state index contributed by atoms with van der Waals surface area (Å²) in [6, 6.07) is 5.93. The van der Waals surface area contributed by atoms with Gasteiger partial charge in [-0.15, -0.1) is 6.58 Å². The number of nitrogens with zero attached hydrogens (tertiary/aromatic N) is 1. The van der Waals surface area contributed by atoms with Gasteiger partial charge in [-0.05, 0) is 31.9 Å². The Bertz CT molecular complexity index is 297. The van der Waals surface area contributed by atoms with Gasteiger partial charge in [-0.2, -0.15) is 0 Å². The molecule has 2 nitrogen and oxygen atoms in total. The highest BCUT2D eigenvalue weighted by molar-refractivity contribution is 5.14. The minimum Gasteiger partial charge on any atom is -0.369 e. The number of hydrogen-bond donors (Lipinski definition) is 0. The minimum atomic E-state index is -0.294. The first kappa shape index (κ1) is 11.9. The number of rotatable bonds is 6. The molecular weight excluding hydrogens is 186 g/mol. The van der Waals surface area contributed by atoms with E-state index in [0.29, 0.717) is 6.61 Å². The molecule has 0 spiro atoms. The van der Waals surface area contributed by atoms with E-state index < -0.39 is 0 Å². The molecule has 0 saturated heterocycles. The highest BCUT2D eigenvalue weighted by atomic mass is 16.5. The van der Waals surface area contributed by atoms with Crippen molar-refractivity contribution in [3.8, 4) is 0 Å². The number of ether oxygens (including phenoxy) is 1. The summed E-state index contributed by atoms with van der Waals surface area (Å²) in [5.74, 6) is 0. The Labute approximate surface area is 92.0 Å². The van der Waals surface area contributed by atoms with Crippen LogP contribution in [0.15, 0.2) is 37.1 Å². The summed E-state index contributed by atoms with van der Waals surface area (Å²) in [7, 11) is 0. The van der Waals surface area contributed by atoms with Gasteiger partial charge in [0.1, 0.15) is 5.60 Å². The Morgan fingerprint density at radius 2 is 2.27 bits per heavy atom. The molecule has 0 fully saturated rings. The van der Waals surface area contributed by atoms with E-state index >= 15 is 0 Å². The van der Waals surface area contributed by atoms with Gasteiger partial charge in [0.05, 0.1) is 5.69 Å². The van der Waals surface area contributed by atoms with Gasteiger partial charge >= 0.3 is 0 Å². The summed E-state index contributed by atoms with van der Waals surface area (Å²) in [5.41, 5.74) is 0.701. The van der Waals surface area contributed by atoms with Crippen LogP contribution in [-0.2, 0) is 10.3 Å². The molecule has 0 aromatic carbocycles. The first-order valence-corrected chi connectivity index (χ1v) is 5.45. The van der Waals surface area contributed by atoms with E-state index in [1.807, 2.05) is 37.4 Å². The van der Waals surface area contributed by atoms with Gasteiger partial charge in [0.2, 0.25) is 0 Å². The van der Waals surface area contributed by atoms with E-state index in [4.69, 9.17) is 4.74 Å². The van der Waals surface area contributed by atoms with Crippen LogP contribution in [0.1, 0.15) is 32.4 Å². The van der Waals surface area contributed by atoms with Crippen molar-refractivity contribution in [2.75, 3.05) is 6.61 Å². The molecule has 0 bridgehead atoms. The lowest BCUT2D eigenvalue weighted by atomic mass is 9.91. The highest BCUT2D eigenvalue weighted by Gasteiger charge is 2.30. The molecule has 1 aromatic heterocycles. The Kier molecular flexibility index (Phi) is 4.50. The fourth-order valence-corrected chi connectivity index (χ4v) is 1.81. The van der Waals surface area contributed by atoms with Gasteiger partial charge in [0.25, 0.3) is 0 Å². The first-order valence-electron chi connectivity index (χ1n) is 5.45. The van der Waals surface area contributed by atoms with E-state index in [1.165, 1.54) is 0 Å². The third-order valence-electron chi connectivity index (χ3n) is 2.60. The van der Waals surface area contributed by atoms with Gasteiger partial charge in [0.15, 0.2) is 0 Å². The molecule has 0 saturated carbocycles. The summed E-state index contributed by atoms with van der Waals surface area (Å²) in [4.78, 5) is 4.39. The SMILES string of the molecule is C=CCC(CC)(OCC)c1ccccn1. The molecule has 82 valence electrons. The summed E-state index contributed by atoms with van der Waals surface area (Å²) in [5, 5.41) is 0. The highest BCUT2D eigenvalue weighted by Crippen LogP contribution is 2.31. The van der Waals surface area contributed by atoms with E-state index in [9.17, 15) is 0 Å². The Hall–Kier alpha value is -1.15. The zero-order valence-corrected chi connectivity index (χ0v) is 9.57. The predicted octanol–water partition coefficient (Wildman–Crippen LogP) is 3.30. The Balaban J connectivity index is 3.02. The maximum absolute atomic E-state index is 5.87. The lowest BCUT2D eigenvalue weighted by molar-refractivity contribution is -0.0485. The van der Waals surface area contributed by atoms with Crippen molar-refractivity contribution in [2.24, 2.45) is 0 Å². The van der Waals surface area contributed by atoms with Crippen LogP contribution in [-0.4, -0.2) is 11.6 Å². The zero-order chi connectivity index (χ0) is 11.1. The topological polar surface area (TPSA) is 22.1 Å². The van der Waals surface area contributed by atoms with Gasteiger partial charge in [-0.1, -0.05) is 19.1 Å². The van der Waals surface area contributed by atoms with Crippen molar-refractivity contribution in [2.45, 2.75) is 32.3 Å². The van der Waals surface area contributed by atoms with Crippen LogP contribution in [0.25, 0.3) is 0 Å². The maximum Gasteiger partial charge on any atom is 0.113 e. The second kappa shape index (κ2) is 5.66. The molecular formula is C13H19NO. The molecule has 0 N–H and O–H groups in total. The monoisotopic (exact) mass is 205 g/mol. The fraction of sp³-hybridized carbons (Fsp3) is 0.462. The molecule has 15 heavy (non-hydrogen) atoms. The summed E-state index contributed by atoms with van der Waals surface area (Å²) >= 11 is 0. The van der Waals surface area contributed by atoms with Crippen LogP contribution in [0.4, 0.5) is 0 Å². The third-order valence-corrected chi connectivity index (χ3v) is 2.60. The van der Waals surface area contributed by atoms with Crippen LogP contribution < -0.4 is 0 Å². The van der Waals surface area contributed by atoms with Gasteiger partial charge in [-0.25, -0.2) is 0 Å². The van der Waals surface area contributed by atoms with Gasteiger partial charge in [0, 0.05) is 12.8 Å². The number of hydrogen-bond acceptors (Lipinski definition) is 2. The summed E-state index contributed by atoms with van der Waals surface area (Å²) in [6.07, 6.45) is 5.41. The first-order chi connectivity index (χ1) is 7.29. The summed E-state index contributed by atoms with van der Waals surface area (Å²) in [6.45, 7) is 8.62. The second-order valence-corrected chi connectivity index (χ2v) is 3.49. The van der Waals surface area contributed by atoms with Crippen LogP contribution in [0.2, 0.25) is 0 Å². The van der Waals surface area contributed by atoms with Crippen molar-refractivity contribution in [1.29, 1.82) is 0 Å². The van der Waals surface area contributed by atoms with Crippen molar-refractivity contribution < 1.29 is 4.74 Å². The van der Waals surface area contributed by atoms with Crippen molar-refractivity contribution >= 4 is 0 Å². The fourth-order valence-electron chi connectivity index (χ4n) is 1.81. The smallest absolute Gasteiger partial charge is 0.113 e. The molecule has 1 rings (SSSR count). The molecule has 1 heterocycles. The van der Waals surface area contributed by atoms with E-state index in [0.717, 1.165) is 18.5 Å². The second-order valence-electron chi connectivity index (χ2n) is 3.49. The predicted molar refractivity (Wildman–Crippen MR) is 62.6 cm³/mol. The molecule has 1 aromatic rings. The molecule has 0 amide bonds. The lowest BCUT2D eigenvalue weighted by Gasteiger charge is -2.31. The average molecular weight is 205 g/mol. The van der Waals surface area contributed by atoms with E-state index in [-0.39, 0.29) is 5.60 Å². The zero-order valence-electron chi connectivity index (χ0n) is 9.57. The van der Waals surface area contributed by atoms with Crippen molar-refractivity contribution in [3.05, 3.63) is 42.7 Å². The van der Waals surface area contributed by atoms with Gasteiger partial charge < -0.3 is 4.74 Å². The van der Waals surface area contributed by atoms with Crippen molar-refractivity contribution in [3.63, 3.8) is 0 Å². The molecule has 2 heteroatoms. The number of aromatic nitrogens is 1. The van der Waals surface area contributed by atoms with Crippen LogP contribution in [0, 0.1) is 0 Å². The Morgan fingerprint density at radius 1 is 1.47 bits per heavy atom. The molecule has 1 unspecified atom stereocenters. The van der Waals surface area contributed by atoms with E-state index in [2.05, 4.69) is 18.5 Å². The molecule has 0 aliphatic carbocycles. The van der Waals surface area contributed by atoms with Crippen molar-refractivity contribution in [1.82, 2.24) is 4.98 Å². The van der Waals surface area contributed by atoms with Crippen LogP contribution in [0.5, 0.6) is 0 Å². The summed E-state index contributed by atoms with van der Waals surface area (Å²) < 4.78 is 5.87. The lowest BCUT2D eigenvalue weighted by Crippen LogP contribution is -2.29. The molecule has 0 aliphatic rings. The normalized spacial score (nSPS) is 14.5. The maximum atomic E-state index is 5.87. The standard InChI is InChI=1S/C13H19NO/c1-4-10-13(5-2,15-6-3)12-9-7-8-11-14-12/h4,7-9,11H,1,5-6,10H2,2-3H3. The Morgan fingerprint density at radius 3 is 2.73 bits per heavy atom. The van der Waals surface area contributed by atoms with Crippen LogP contribution in [0.3, 0.4) is 0 Å². The average Bonchev–Trinajstić information content (AvgIpc) is 2.30. The number of pyridine rings is 1. The van der Waals surface area contributed by atoms with Gasteiger partial charge in [-0.3, -0.25) is 4.98 Å². The largest absolute Gasteiger partial charge is 0.369 e. The molecule has 0 radical (unpaired) electrons. The quantitative estimate of drug-likeness (QED) is 0.665. The molecule has 0 aliphatic heterocycles. The third kappa shape index (κ3) is 2.66.